The van der Waals surface area contributed by atoms with Crippen LogP contribution in [-0.4, -0.2) is 179 Å². The number of rotatable bonds is 8. The molecule has 5 N–H and O–H groups in total. The van der Waals surface area contributed by atoms with Gasteiger partial charge in [-0.25, -0.2) is 0 Å². The number of piperidine rings is 1. The fraction of sp³-hybridized carbons (Fsp3) is 0.630. The standard InChI is InChI=1S/C54H75N7O12/c1-32(2)31-60-16-14-54(15-17-60)56-45-42-43-48(66)36(6)50-44(42)51(68)53(7,73-50)71-26-9-8-13-39(72-41(65)30-40(64)61-22-20-58(21-23-61)18-19-59-24-27-70-28-25-59)35(5)38(63)29-37(62)33(3)11-10-12-34(4)52(69)55-47(49(43)67)46(45)57-54/h9-12,26,32-33,35,37-39,62-63,66-67H,8,13-25,27-31H2,1-7H3,(H,55,69)/b11-10+,26-9+,34-12-/t33?,35-,37-,38?,39-,53+/m1/s1. The Balaban J connectivity index is 1.05. The molecule has 2 amide bonds. The number of allylic oxidation sites excluding steroid dienone is 3. The lowest BCUT2D eigenvalue weighted by molar-refractivity contribution is -0.158. The summed E-state index contributed by atoms with van der Waals surface area (Å²) in [5.41, 5.74) is -0.578. The molecule has 2 unspecified atom stereocenters. The van der Waals surface area contributed by atoms with Crippen molar-refractivity contribution in [1.29, 1.82) is 0 Å². The number of ketones is 1. The number of carbonyl (C=O) groups excluding carboxylic acids is 4. The molecule has 19 nitrogen and oxygen atoms in total. The van der Waals surface area contributed by atoms with E-state index in [4.69, 9.17) is 28.9 Å². The summed E-state index contributed by atoms with van der Waals surface area (Å²) in [5, 5.41) is 50.1. The number of phenols is 2. The molecule has 3 saturated heterocycles. The quantitative estimate of drug-likeness (QED) is 0.145. The van der Waals surface area contributed by atoms with E-state index in [9.17, 15) is 39.6 Å². The van der Waals surface area contributed by atoms with Crippen LogP contribution in [0.1, 0.15) is 96.0 Å². The largest absolute Gasteiger partial charge is 0.507 e. The van der Waals surface area contributed by atoms with E-state index >= 15 is 0 Å². The molecule has 1 spiro atoms. The van der Waals surface area contributed by atoms with Crippen LogP contribution in [0.25, 0.3) is 10.8 Å². The van der Waals surface area contributed by atoms with Crippen LogP contribution in [-0.2, 0) is 28.6 Å². The molecule has 7 aliphatic rings. The lowest BCUT2D eigenvalue weighted by Crippen LogP contribution is -2.51. The summed E-state index contributed by atoms with van der Waals surface area (Å²) in [6.07, 6.45) is 5.78. The van der Waals surface area contributed by atoms with E-state index in [1.54, 1.807) is 56.9 Å². The molecule has 0 aliphatic carbocycles. The van der Waals surface area contributed by atoms with Crippen LogP contribution >= 0.6 is 0 Å². The van der Waals surface area contributed by atoms with Crippen LogP contribution in [0, 0.1) is 24.7 Å². The van der Waals surface area contributed by atoms with Crippen LogP contribution in [0.2, 0.25) is 0 Å². The number of benzene rings is 2. The van der Waals surface area contributed by atoms with E-state index in [0.717, 1.165) is 45.9 Å². The molecule has 0 saturated carbocycles. The molecule has 9 rings (SSSR count). The number of amides is 2. The van der Waals surface area contributed by atoms with Crippen molar-refractivity contribution < 1.29 is 58.6 Å². The molecule has 19 heteroatoms. The first kappa shape index (κ1) is 53.8. The molecular formula is C54H75N7O12. The van der Waals surface area contributed by atoms with Crippen LogP contribution in [0.3, 0.4) is 0 Å². The monoisotopic (exact) mass is 1010 g/mol. The molecule has 5 bridgehead atoms. The van der Waals surface area contributed by atoms with Crippen molar-refractivity contribution in [1.82, 2.24) is 19.6 Å². The number of fused-ring (bicyclic) bond motifs is 13. The number of phenolic OH excluding ortho intramolecular Hbond substituents is 2. The fourth-order valence-electron chi connectivity index (χ4n) is 10.7. The Kier molecular flexibility index (Phi) is 16.7. The van der Waals surface area contributed by atoms with Gasteiger partial charge in [-0.05, 0) is 38.7 Å². The number of aliphatic hydroxyl groups excluding tert-OH is 2. The number of esters is 1. The van der Waals surface area contributed by atoms with Gasteiger partial charge in [0.2, 0.25) is 5.91 Å². The summed E-state index contributed by atoms with van der Waals surface area (Å²) in [6, 6.07) is 0. The number of aliphatic hydroxyl groups is 2. The summed E-state index contributed by atoms with van der Waals surface area (Å²) in [4.78, 5) is 74.8. The van der Waals surface area contributed by atoms with Crippen molar-refractivity contribution in [3.63, 3.8) is 0 Å². The molecule has 7 aliphatic heterocycles. The molecule has 0 radical (unpaired) electrons. The topological polar surface area (TPSA) is 236 Å². The van der Waals surface area contributed by atoms with Gasteiger partial charge in [0.25, 0.3) is 11.7 Å². The minimum absolute atomic E-state index is 0.0424. The van der Waals surface area contributed by atoms with Crippen LogP contribution in [0.4, 0.5) is 5.69 Å². The Bertz CT molecular complexity index is 2650. The maximum atomic E-state index is 14.8. The second kappa shape index (κ2) is 22.6. The number of nitrogens with zero attached hydrogens (tertiary/aromatic N) is 6. The number of ether oxygens (including phenoxy) is 4. The summed E-state index contributed by atoms with van der Waals surface area (Å²) in [7, 11) is 0. The minimum Gasteiger partial charge on any atom is -0.507 e. The summed E-state index contributed by atoms with van der Waals surface area (Å²) in [5.74, 6) is -5.69. The zero-order valence-corrected chi connectivity index (χ0v) is 43.5. The fourth-order valence-corrected chi connectivity index (χ4v) is 10.7. The van der Waals surface area contributed by atoms with Crippen molar-refractivity contribution in [2.24, 2.45) is 27.7 Å². The number of piperazine rings is 1. The van der Waals surface area contributed by atoms with E-state index in [-0.39, 0.29) is 80.5 Å². The van der Waals surface area contributed by atoms with Crippen LogP contribution in [0.15, 0.2) is 46.1 Å². The second-order valence-corrected chi connectivity index (χ2v) is 21.4. The predicted octanol–water partition coefficient (Wildman–Crippen LogP) is 3.48. The van der Waals surface area contributed by atoms with E-state index in [1.807, 2.05) is 0 Å². The second-order valence-electron chi connectivity index (χ2n) is 21.4. The Hall–Kier alpha value is -5.44. The van der Waals surface area contributed by atoms with Crippen molar-refractivity contribution in [2.75, 3.05) is 90.5 Å². The van der Waals surface area contributed by atoms with E-state index < -0.39 is 71.4 Å². The molecule has 73 heavy (non-hydrogen) atoms. The van der Waals surface area contributed by atoms with Crippen LogP contribution < -0.4 is 20.8 Å². The van der Waals surface area contributed by atoms with Crippen molar-refractivity contribution in [3.05, 3.63) is 58.0 Å². The summed E-state index contributed by atoms with van der Waals surface area (Å²) >= 11 is 0. The van der Waals surface area contributed by atoms with Crippen molar-refractivity contribution >= 4 is 40.0 Å². The average Bonchev–Trinajstić information content (AvgIpc) is 3.86. The van der Waals surface area contributed by atoms with Gasteiger partial charge in [0.05, 0.1) is 48.0 Å². The molecular weight excluding hydrogens is 939 g/mol. The zero-order valence-electron chi connectivity index (χ0n) is 43.5. The van der Waals surface area contributed by atoms with Gasteiger partial charge in [0.1, 0.15) is 35.1 Å². The summed E-state index contributed by atoms with van der Waals surface area (Å²) in [6.45, 7) is 22.2. The van der Waals surface area contributed by atoms with E-state index in [0.29, 0.717) is 58.0 Å². The van der Waals surface area contributed by atoms with Gasteiger partial charge in [-0.3, -0.25) is 39.0 Å². The average molecular weight is 1010 g/mol. The third kappa shape index (κ3) is 11.8. The molecule has 6 atom stereocenters. The maximum absolute atomic E-state index is 14.8. The van der Waals surface area contributed by atoms with Gasteiger partial charge in [0, 0.05) is 127 Å². The third-order valence-electron chi connectivity index (χ3n) is 15.5. The molecule has 3 fully saturated rings. The number of carbonyl (C=O) groups is 4. The number of aromatic hydroxyl groups is 2. The van der Waals surface area contributed by atoms with Gasteiger partial charge in [-0.15, -0.1) is 0 Å². The highest BCUT2D eigenvalue weighted by Gasteiger charge is 2.50. The molecule has 2 aromatic rings. The van der Waals surface area contributed by atoms with E-state index in [2.05, 4.69) is 33.9 Å². The van der Waals surface area contributed by atoms with E-state index in [1.165, 1.54) is 13.2 Å². The van der Waals surface area contributed by atoms with Gasteiger partial charge >= 0.3 is 11.8 Å². The molecule has 2 aromatic carbocycles. The maximum Gasteiger partial charge on any atom is 0.315 e. The number of Topliss-reactive ketones (excluding diaryl/α,β-unsaturated/α-hetero) is 1. The number of anilines is 1. The number of hydrogen-bond donors (Lipinski definition) is 5. The highest BCUT2D eigenvalue weighted by molar-refractivity contribution is 6.19. The van der Waals surface area contributed by atoms with Gasteiger partial charge in [-0.1, -0.05) is 45.9 Å². The van der Waals surface area contributed by atoms with Gasteiger partial charge in [0.15, 0.2) is 11.4 Å². The highest BCUT2D eigenvalue weighted by atomic mass is 16.7. The minimum atomic E-state index is -1.94. The predicted molar refractivity (Wildman–Crippen MR) is 272 cm³/mol. The Morgan fingerprint density at radius 1 is 0.890 bits per heavy atom. The number of nitrogens with one attached hydrogen (secondary N) is 1. The normalized spacial score (nSPS) is 29.2. The van der Waals surface area contributed by atoms with Gasteiger partial charge in [-0.2, -0.15) is 0 Å². The van der Waals surface area contributed by atoms with Crippen molar-refractivity contribution in [2.45, 2.75) is 117 Å². The lowest BCUT2D eigenvalue weighted by atomic mass is 9.88. The molecule has 398 valence electrons. The molecule has 0 aromatic heterocycles. The highest BCUT2D eigenvalue weighted by Crippen LogP contribution is 2.50. The Labute approximate surface area is 427 Å². The molecule has 7 heterocycles. The Morgan fingerprint density at radius 2 is 1.56 bits per heavy atom. The first-order chi connectivity index (χ1) is 34.8. The first-order valence-corrected chi connectivity index (χ1v) is 26.1. The van der Waals surface area contributed by atoms with Crippen LogP contribution in [0.5, 0.6) is 17.2 Å². The SMILES string of the molecule is C/C1=C/C=C/C(C)[C@H](O)CC(O)[C@@H](C)[C@H](OC(=O)CC(=O)N2CCN(CCN3CCOCC3)CC2)CC/C=C/O[C@@]2(C)Oc3c(C)c(O)c4c(O)c(c5c(c4c3C2=O)=NC2(CCN(CC(C)C)CC2)N=5)NC1=O. The number of morpholine rings is 1. The first-order valence-electron chi connectivity index (χ1n) is 26.1. The smallest absolute Gasteiger partial charge is 0.315 e. The Morgan fingerprint density at radius 3 is 2.25 bits per heavy atom. The van der Waals surface area contributed by atoms with Gasteiger partial charge < -0.3 is 54.5 Å². The zero-order chi connectivity index (χ0) is 52.4. The number of hydrogen-bond acceptors (Lipinski definition) is 17. The third-order valence-corrected chi connectivity index (χ3v) is 15.5. The summed E-state index contributed by atoms with van der Waals surface area (Å²) < 4.78 is 23.8. The van der Waals surface area contributed by atoms with Crippen molar-refractivity contribution in [3.8, 4) is 17.2 Å². The lowest BCUT2D eigenvalue weighted by Gasteiger charge is -2.36. The number of likely N-dealkylation sites (tertiary alicyclic amines) is 1.